The Morgan fingerprint density at radius 2 is 1.69 bits per heavy atom. The monoisotopic (exact) mass is 702 g/mol. The molecule has 2 N–H and O–H groups in total. The number of hydrogen-bond donors (Lipinski definition) is 2. The first-order valence-electron chi connectivity index (χ1n) is 16.4. The lowest BCUT2D eigenvalue weighted by Gasteiger charge is -2.55. The molecule has 1 unspecified atom stereocenters. The maximum absolute atomic E-state index is 13.4. The molecule has 4 aliphatic rings. The van der Waals surface area contributed by atoms with Gasteiger partial charge in [0.1, 0.15) is 11.6 Å². The van der Waals surface area contributed by atoms with Gasteiger partial charge in [-0.05, 0) is 69.5 Å². The summed E-state index contributed by atoms with van der Waals surface area (Å²) in [4.78, 5) is 68.8. The van der Waals surface area contributed by atoms with Crippen LogP contribution in [-0.2, 0) is 26.1 Å². The topological polar surface area (TPSA) is 161 Å². The Morgan fingerprint density at radius 3 is 2.35 bits per heavy atom. The van der Waals surface area contributed by atoms with E-state index in [2.05, 4.69) is 25.5 Å². The minimum absolute atomic E-state index is 0.0537. The van der Waals surface area contributed by atoms with Gasteiger partial charge in [-0.3, -0.25) is 38.9 Å². The fourth-order valence-electron chi connectivity index (χ4n) is 7.28. The second-order valence-electron chi connectivity index (χ2n) is 14.0. The van der Waals surface area contributed by atoms with E-state index in [1.54, 1.807) is 38.4 Å². The number of fused-ring (bicyclic) bond motifs is 1. The van der Waals surface area contributed by atoms with Gasteiger partial charge in [-0.1, -0.05) is 0 Å². The number of nitrogens with zero attached hydrogens (tertiary/aromatic N) is 6. The largest absolute Gasteiger partial charge is 0.417 e. The van der Waals surface area contributed by atoms with Crippen LogP contribution in [-0.4, -0.2) is 76.4 Å². The fraction of sp³-hybridized carbons (Fsp3) is 0.400. The molecule has 2 aromatic carbocycles. The summed E-state index contributed by atoms with van der Waals surface area (Å²) in [7, 11) is 0. The molecule has 16 heteroatoms. The van der Waals surface area contributed by atoms with Crippen LogP contribution in [0, 0.1) is 16.7 Å². The molecule has 3 aromatic rings. The van der Waals surface area contributed by atoms with Crippen molar-refractivity contribution in [2.45, 2.75) is 57.3 Å². The third-order valence-electron chi connectivity index (χ3n) is 10.4. The standard InChI is InChI=1S/C35H33F3N8O5/c1-33(2,32(51)41-21-4-3-20(15-39)26(13-21)35(36,37)38)45-17-23(16-40-45)44-18-34(19-44)9-11-43(12-10-34)22-5-6-24-25(14-22)31(50)46(30(24)49)27-7-8-28(47)42-29(27)48/h3-6,13-14,16-17,27H,7-12,18-19H2,1-2H3,(H,41,51)(H,42,47,48). The average Bonchev–Trinajstić information content (AvgIpc) is 3.67. The first-order chi connectivity index (χ1) is 24.1. The Hall–Kier alpha value is -5.72. The molecular weight excluding hydrogens is 669 g/mol. The second kappa shape index (κ2) is 12.0. The smallest absolute Gasteiger partial charge is 0.371 e. The predicted octanol–water partition coefficient (Wildman–Crippen LogP) is 3.66. The number of benzene rings is 2. The molecule has 3 fully saturated rings. The molecule has 3 saturated heterocycles. The van der Waals surface area contributed by atoms with Gasteiger partial charge >= 0.3 is 6.18 Å². The molecule has 7 rings (SSSR count). The molecule has 0 saturated carbocycles. The zero-order chi connectivity index (χ0) is 36.5. The number of nitrogens with one attached hydrogen (secondary N) is 2. The van der Waals surface area contributed by atoms with Gasteiger partial charge in [-0.15, -0.1) is 0 Å². The van der Waals surface area contributed by atoms with Crippen molar-refractivity contribution in [1.82, 2.24) is 20.0 Å². The number of nitriles is 1. The summed E-state index contributed by atoms with van der Waals surface area (Å²) < 4.78 is 41.7. The van der Waals surface area contributed by atoms with Gasteiger partial charge < -0.3 is 15.1 Å². The van der Waals surface area contributed by atoms with Crippen molar-refractivity contribution in [2.75, 3.05) is 41.3 Å². The molecule has 51 heavy (non-hydrogen) atoms. The van der Waals surface area contributed by atoms with Crippen LogP contribution in [0.5, 0.6) is 0 Å². The summed E-state index contributed by atoms with van der Waals surface area (Å²) in [5.41, 5.74) is -0.841. The number of carbonyl (C=O) groups is 5. The van der Waals surface area contributed by atoms with Crippen molar-refractivity contribution < 1.29 is 37.1 Å². The number of imide groups is 2. The summed E-state index contributed by atoms with van der Waals surface area (Å²) in [5, 5.41) is 18.2. The van der Waals surface area contributed by atoms with Gasteiger partial charge in [0.15, 0.2) is 0 Å². The Balaban J connectivity index is 0.956. The lowest BCUT2D eigenvalue weighted by Crippen LogP contribution is -2.60. The highest BCUT2D eigenvalue weighted by atomic mass is 19.4. The number of anilines is 3. The van der Waals surface area contributed by atoms with Crippen molar-refractivity contribution >= 4 is 46.6 Å². The Kier molecular flexibility index (Phi) is 7.92. The number of rotatable bonds is 6. The second-order valence-corrected chi connectivity index (χ2v) is 14.0. The van der Waals surface area contributed by atoms with Crippen molar-refractivity contribution in [2.24, 2.45) is 5.41 Å². The number of aromatic nitrogens is 2. The summed E-state index contributed by atoms with van der Waals surface area (Å²) in [6.07, 6.45) is 0.542. The number of halogens is 3. The van der Waals surface area contributed by atoms with Gasteiger partial charge in [-0.25, -0.2) is 0 Å². The van der Waals surface area contributed by atoms with Crippen molar-refractivity contribution in [3.05, 3.63) is 71.0 Å². The third kappa shape index (κ3) is 5.85. The molecule has 4 aliphatic heterocycles. The van der Waals surface area contributed by atoms with Crippen LogP contribution < -0.4 is 20.4 Å². The summed E-state index contributed by atoms with van der Waals surface area (Å²) in [6.45, 7) is 6.20. The van der Waals surface area contributed by atoms with E-state index < -0.39 is 58.4 Å². The van der Waals surface area contributed by atoms with Crippen molar-refractivity contribution in [3.63, 3.8) is 0 Å². The molecule has 0 radical (unpaired) electrons. The predicted molar refractivity (Wildman–Crippen MR) is 176 cm³/mol. The third-order valence-corrected chi connectivity index (χ3v) is 10.4. The number of carbonyl (C=O) groups excluding carboxylic acids is 5. The number of hydrogen-bond acceptors (Lipinski definition) is 9. The first kappa shape index (κ1) is 33.8. The van der Waals surface area contributed by atoms with Gasteiger partial charge in [0, 0.05) is 55.6 Å². The molecule has 1 aromatic heterocycles. The molecule has 5 heterocycles. The molecule has 1 spiro atoms. The quantitative estimate of drug-likeness (QED) is 0.366. The van der Waals surface area contributed by atoms with E-state index in [0.717, 1.165) is 67.4 Å². The van der Waals surface area contributed by atoms with E-state index in [1.807, 2.05) is 6.07 Å². The first-order valence-corrected chi connectivity index (χ1v) is 16.4. The SMILES string of the molecule is CC(C)(C(=O)Nc1ccc(C#N)c(C(F)(F)F)c1)n1cc(N2CC3(CCN(c4ccc5c(c4)C(=O)N(C4CCC(=O)NC4=O)C5=O)CC3)C2)cn1. The molecular formula is C35H33F3N8O5. The van der Waals surface area contributed by atoms with Crippen LogP contribution in [0.1, 0.15) is 71.4 Å². The van der Waals surface area contributed by atoms with Gasteiger partial charge in [0.25, 0.3) is 17.7 Å². The minimum Gasteiger partial charge on any atom is -0.371 e. The molecule has 0 aliphatic carbocycles. The zero-order valence-corrected chi connectivity index (χ0v) is 27.7. The lowest BCUT2D eigenvalue weighted by molar-refractivity contribution is -0.138. The van der Waals surface area contributed by atoms with Crippen molar-refractivity contribution in [1.29, 1.82) is 5.26 Å². The van der Waals surface area contributed by atoms with Crippen LogP contribution in [0.4, 0.5) is 30.2 Å². The lowest BCUT2D eigenvalue weighted by atomic mass is 9.72. The maximum atomic E-state index is 13.4. The zero-order valence-electron chi connectivity index (χ0n) is 27.7. The molecule has 0 bridgehead atoms. The highest BCUT2D eigenvalue weighted by Gasteiger charge is 2.47. The van der Waals surface area contributed by atoms with E-state index in [0.29, 0.717) is 0 Å². The van der Waals surface area contributed by atoms with Crippen LogP contribution >= 0.6 is 0 Å². The maximum Gasteiger partial charge on any atom is 0.417 e. The number of amides is 5. The molecule has 1 atom stereocenters. The van der Waals surface area contributed by atoms with Gasteiger partial charge in [0.2, 0.25) is 11.8 Å². The van der Waals surface area contributed by atoms with Crippen LogP contribution in [0.2, 0.25) is 0 Å². The van der Waals surface area contributed by atoms with Gasteiger partial charge in [0.05, 0.1) is 40.2 Å². The number of piperidine rings is 2. The van der Waals surface area contributed by atoms with E-state index in [4.69, 9.17) is 5.26 Å². The Morgan fingerprint density at radius 1 is 0.980 bits per heavy atom. The highest BCUT2D eigenvalue weighted by Crippen LogP contribution is 2.44. The van der Waals surface area contributed by atoms with E-state index in [1.165, 1.54) is 16.8 Å². The molecule has 5 amide bonds. The molecule has 13 nitrogen and oxygen atoms in total. The fourth-order valence-corrected chi connectivity index (χ4v) is 7.28. The summed E-state index contributed by atoms with van der Waals surface area (Å²) in [5.74, 6) is -2.74. The minimum atomic E-state index is -4.75. The van der Waals surface area contributed by atoms with Gasteiger partial charge in [-0.2, -0.15) is 23.5 Å². The average molecular weight is 703 g/mol. The summed E-state index contributed by atoms with van der Waals surface area (Å²) in [6, 6.07) is 8.66. The Labute approximate surface area is 290 Å². The normalized spacial score (nSPS) is 20.2. The van der Waals surface area contributed by atoms with E-state index in [9.17, 15) is 37.1 Å². The van der Waals surface area contributed by atoms with Crippen LogP contribution in [0.25, 0.3) is 0 Å². The summed E-state index contributed by atoms with van der Waals surface area (Å²) >= 11 is 0. The van der Waals surface area contributed by atoms with Crippen molar-refractivity contribution in [3.8, 4) is 6.07 Å². The highest BCUT2D eigenvalue weighted by molar-refractivity contribution is 6.23. The molecule has 264 valence electrons. The van der Waals surface area contributed by atoms with E-state index >= 15 is 0 Å². The van der Waals surface area contributed by atoms with Crippen LogP contribution in [0.3, 0.4) is 0 Å². The van der Waals surface area contributed by atoms with Crippen LogP contribution in [0.15, 0.2) is 48.8 Å². The van der Waals surface area contributed by atoms with E-state index in [-0.39, 0.29) is 35.1 Å². The number of alkyl halides is 3. The Bertz CT molecular complexity index is 2030.